The van der Waals surface area contributed by atoms with Crippen molar-refractivity contribution in [1.82, 2.24) is 10.9 Å². The van der Waals surface area contributed by atoms with Crippen LogP contribution in [0.4, 0.5) is 9.59 Å². The summed E-state index contributed by atoms with van der Waals surface area (Å²) in [6, 6.07) is 0. The van der Waals surface area contributed by atoms with Crippen molar-refractivity contribution >= 4 is 20.3 Å². The van der Waals surface area contributed by atoms with E-state index in [1.54, 1.807) is 13.1 Å². The van der Waals surface area contributed by atoms with Crippen LogP contribution in [0.5, 0.6) is 0 Å². The molecule has 0 unspecified atom stereocenters. The molecule has 2 N–H and O–H groups in total. The fourth-order valence-electron chi connectivity index (χ4n) is 0.777. The molecule has 0 heterocycles. The molecule has 108 valence electrons. The van der Waals surface area contributed by atoms with Crippen LogP contribution < -0.4 is 10.9 Å². The third-order valence-electron chi connectivity index (χ3n) is 1.55. The van der Waals surface area contributed by atoms with Gasteiger partial charge in [0.2, 0.25) is 0 Å². The molecule has 0 saturated heterocycles. The van der Waals surface area contributed by atoms with Crippen molar-refractivity contribution in [3.8, 4) is 0 Å². The van der Waals surface area contributed by atoms with E-state index in [-0.39, 0.29) is 12.5 Å². The number of carbonyl (C=O) groups excluding carboxylic acids is 2. The van der Waals surface area contributed by atoms with E-state index in [0.29, 0.717) is 0 Å². The summed E-state index contributed by atoms with van der Waals surface area (Å²) in [6.45, 7) is 3.32. The molecule has 0 aliphatic rings. The van der Waals surface area contributed by atoms with Crippen LogP contribution >= 0.6 is 0 Å². The highest BCUT2D eigenvalue weighted by Gasteiger charge is 2.27. The number of nitrogens with zero attached hydrogens (tertiary/aromatic N) is 2. The van der Waals surface area contributed by atoms with Crippen molar-refractivity contribution < 1.29 is 29.1 Å². The van der Waals surface area contributed by atoms with Gasteiger partial charge in [-0.3, -0.25) is 0 Å². The smallest absolute Gasteiger partial charge is 0.450 e. The van der Waals surface area contributed by atoms with Gasteiger partial charge in [0.15, 0.2) is 10.1 Å². The van der Waals surface area contributed by atoms with Gasteiger partial charge in [-0.1, -0.05) is 13.1 Å². The second-order valence-corrected chi connectivity index (χ2v) is 8.96. The Morgan fingerprint density at radius 3 is 1.58 bits per heavy atom. The summed E-state index contributed by atoms with van der Waals surface area (Å²) in [5.74, 6) is 0. The van der Waals surface area contributed by atoms with Gasteiger partial charge >= 0.3 is 12.2 Å². The lowest BCUT2D eigenvalue weighted by Crippen LogP contribution is -2.44. The van der Waals surface area contributed by atoms with E-state index in [2.05, 4.69) is 9.47 Å². The van der Waals surface area contributed by atoms with E-state index in [4.69, 9.17) is 0 Å². The number of hydrogen-bond acceptors (Lipinski definition) is 8. The average Bonchev–Trinajstić information content (AvgIpc) is 2.22. The van der Waals surface area contributed by atoms with Gasteiger partial charge < -0.3 is 9.47 Å². The van der Waals surface area contributed by atoms with E-state index in [1.165, 1.54) is 10.9 Å². The van der Waals surface area contributed by atoms with E-state index >= 15 is 0 Å². The van der Waals surface area contributed by atoms with Gasteiger partial charge in [0.25, 0.3) is 0 Å². The molecule has 0 atom stereocenters. The third kappa shape index (κ3) is 9.28. The highest BCUT2D eigenvalue weighted by atomic mass is 28.3. The SMILES string of the molecule is C[Si](C)(COC(=O)N[N+](=O)[O-])COC(=O)N[N+](=O)[O-]. The van der Waals surface area contributed by atoms with Crippen LogP contribution in [0, 0.1) is 20.2 Å². The van der Waals surface area contributed by atoms with Crippen molar-refractivity contribution in [3.63, 3.8) is 0 Å². The van der Waals surface area contributed by atoms with E-state index in [9.17, 15) is 29.8 Å². The first-order valence-corrected chi connectivity index (χ1v) is 8.19. The summed E-state index contributed by atoms with van der Waals surface area (Å²) in [7, 11) is -2.34. The molecular weight excluding hydrogens is 284 g/mol. The minimum atomic E-state index is -2.34. The Balaban J connectivity index is 4.04. The molecule has 12 nitrogen and oxygen atoms in total. The van der Waals surface area contributed by atoms with Gasteiger partial charge in [-0.2, -0.15) is 0 Å². The molecule has 0 aromatic rings. The van der Waals surface area contributed by atoms with Crippen LogP contribution in [0.2, 0.25) is 13.1 Å². The van der Waals surface area contributed by atoms with Crippen molar-refractivity contribution in [2.45, 2.75) is 13.1 Å². The van der Waals surface area contributed by atoms with Crippen molar-refractivity contribution in [2.24, 2.45) is 0 Å². The topological polar surface area (TPSA) is 163 Å². The van der Waals surface area contributed by atoms with Crippen LogP contribution in [0.25, 0.3) is 0 Å². The monoisotopic (exact) mass is 296 g/mol. The second kappa shape index (κ2) is 7.09. The summed E-state index contributed by atoms with van der Waals surface area (Å²) < 4.78 is 9.11. The lowest BCUT2D eigenvalue weighted by Gasteiger charge is -2.20. The highest BCUT2D eigenvalue weighted by Crippen LogP contribution is 2.03. The number of amides is 2. The van der Waals surface area contributed by atoms with Crippen LogP contribution in [-0.4, -0.2) is 42.8 Å². The summed E-state index contributed by atoms with van der Waals surface area (Å²) in [6.07, 6.45) is -2.78. The number of carbonyl (C=O) groups is 2. The average molecular weight is 296 g/mol. The molecule has 0 aromatic heterocycles. The van der Waals surface area contributed by atoms with Gasteiger partial charge in [0.05, 0.1) is 12.5 Å². The van der Waals surface area contributed by atoms with Crippen LogP contribution in [0.1, 0.15) is 0 Å². The summed E-state index contributed by atoms with van der Waals surface area (Å²) in [4.78, 5) is 41.5. The van der Waals surface area contributed by atoms with Crippen molar-refractivity contribution in [3.05, 3.63) is 20.2 Å². The zero-order chi connectivity index (χ0) is 15.1. The Bertz CT molecular complexity index is 351. The molecule has 0 radical (unpaired) electrons. The Hall–Kier alpha value is -2.44. The standard InChI is InChI=1S/C6H12N4O8Si/c1-19(2,3-17-5(11)7-9(13)14)4-18-6(12)8-10(15)16/h3-4H2,1-2H3,(H,7,11)(H,8,12). The zero-order valence-electron chi connectivity index (χ0n) is 10.1. The molecule has 0 saturated carbocycles. The largest absolute Gasteiger partial charge is 0.465 e. The second-order valence-electron chi connectivity index (χ2n) is 4.05. The predicted molar refractivity (Wildman–Crippen MR) is 60.4 cm³/mol. The summed E-state index contributed by atoms with van der Waals surface area (Å²) in [5, 5.41) is 17.7. The van der Waals surface area contributed by atoms with Crippen LogP contribution in [-0.2, 0) is 9.47 Å². The van der Waals surface area contributed by atoms with E-state index in [1.807, 2.05) is 0 Å². The first-order valence-electron chi connectivity index (χ1n) is 4.78. The Morgan fingerprint density at radius 1 is 1.00 bits per heavy atom. The minimum Gasteiger partial charge on any atom is -0.450 e. The minimum absolute atomic E-state index is 0.154. The maximum atomic E-state index is 10.8. The van der Waals surface area contributed by atoms with E-state index < -0.39 is 30.3 Å². The van der Waals surface area contributed by atoms with E-state index in [0.717, 1.165) is 0 Å². The lowest BCUT2D eigenvalue weighted by molar-refractivity contribution is -0.530. The molecule has 0 aromatic carbocycles. The third-order valence-corrected chi connectivity index (χ3v) is 3.40. The maximum Gasteiger partial charge on any atom is 0.465 e. The predicted octanol–water partition coefficient (Wildman–Crippen LogP) is -0.391. The Kier molecular flexibility index (Phi) is 6.18. The summed E-state index contributed by atoms with van der Waals surface area (Å²) >= 11 is 0. The van der Waals surface area contributed by atoms with Gasteiger partial charge in [0, 0.05) is 0 Å². The molecule has 0 spiro atoms. The molecule has 0 aliphatic heterocycles. The molecule has 0 bridgehead atoms. The quantitative estimate of drug-likeness (QED) is 0.380. The molecule has 19 heavy (non-hydrogen) atoms. The highest BCUT2D eigenvalue weighted by molar-refractivity contribution is 6.77. The van der Waals surface area contributed by atoms with Crippen molar-refractivity contribution in [1.29, 1.82) is 0 Å². The fourth-order valence-corrected chi connectivity index (χ4v) is 1.90. The number of hydrazine groups is 2. The first kappa shape index (κ1) is 16.6. The molecule has 0 rings (SSSR count). The molecule has 13 heteroatoms. The number of ether oxygens (including phenoxy) is 2. The Labute approximate surface area is 107 Å². The molecular formula is C6H12N4O8Si. The normalized spacial score (nSPS) is 10.2. The first-order chi connectivity index (χ1) is 8.62. The number of rotatable bonds is 6. The molecule has 2 amide bonds. The molecule has 0 aliphatic carbocycles. The van der Waals surface area contributed by atoms with Crippen LogP contribution in [0.15, 0.2) is 0 Å². The fraction of sp³-hybridized carbons (Fsp3) is 0.667. The zero-order valence-corrected chi connectivity index (χ0v) is 11.1. The van der Waals surface area contributed by atoms with Gasteiger partial charge in [-0.15, -0.1) is 0 Å². The lowest BCUT2D eigenvalue weighted by atomic mass is 11.2. The summed E-state index contributed by atoms with van der Waals surface area (Å²) in [5.41, 5.74) is 2.56. The van der Waals surface area contributed by atoms with Gasteiger partial charge in [-0.05, 0) is 10.9 Å². The number of nitro groups is 2. The number of nitrogens with one attached hydrogen (secondary N) is 2. The Morgan fingerprint density at radius 2 is 1.32 bits per heavy atom. The van der Waals surface area contributed by atoms with Crippen molar-refractivity contribution in [2.75, 3.05) is 12.5 Å². The van der Waals surface area contributed by atoms with Gasteiger partial charge in [-0.25, -0.2) is 29.8 Å². The molecule has 0 fully saturated rings. The maximum absolute atomic E-state index is 10.8. The number of hydrogen-bond donors (Lipinski definition) is 2. The van der Waals surface area contributed by atoms with Gasteiger partial charge in [0.1, 0.15) is 8.07 Å². The van der Waals surface area contributed by atoms with Crippen LogP contribution in [0.3, 0.4) is 0 Å².